The van der Waals surface area contributed by atoms with Crippen LogP contribution in [0, 0.1) is 11.7 Å². The summed E-state index contributed by atoms with van der Waals surface area (Å²) in [5.41, 5.74) is 1.83. The number of halogens is 1. The molecule has 5 heteroatoms. The summed E-state index contributed by atoms with van der Waals surface area (Å²) in [5, 5.41) is 2.63. The highest BCUT2D eigenvalue weighted by atomic mass is 19.1. The van der Waals surface area contributed by atoms with E-state index in [0.29, 0.717) is 30.7 Å². The van der Waals surface area contributed by atoms with E-state index >= 15 is 0 Å². The average molecular weight is 265 g/mol. The van der Waals surface area contributed by atoms with Crippen molar-refractivity contribution < 1.29 is 18.7 Å². The second kappa shape index (κ2) is 5.93. The Bertz CT molecular complexity index is 502. The third-order valence-electron chi connectivity index (χ3n) is 3.25. The summed E-state index contributed by atoms with van der Waals surface area (Å²) < 4.78 is 18.7. The Hall–Kier alpha value is -1.75. The van der Waals surface area contributed by atoms with Crippen molar-refractivity contribution in [2.75, 3.05) is 19.0 Å². The number of rotatable bonds is 5. The number of carbonyl (C=O) groups excluding carboxylic acids is 2. The van der Waals surface area contributed by atoms with Crippen LogP contribution >= 0.6 is 0 Å². The van der Waals surface area contributed by atoms with Crippen molar-refractivity contribution in [3.8, 4) is 0 Å². The number of carbonyl (C=O) groups is 2. The lowest BCUT2D eigenvalue weighted by atomic mass is 10.1. The molecule has 4 nitrogen and oxygen atoms in total. The van der Waals surface area contributed by atoms with Gasteiger partial charge in [0.15, 0.2) is 0 Å². The summed E-state index contributed by atoms with van der Waals surface area (Å²) >= 11 is 0. The van der Waals surface area contributed by atoms with E-state index in [4.69, 9.17) is 4.74 Å². The number of fused-ring (bicyclic) bond motifs is 1. The van der Waals surface area contributed by atoms with E-state index in [2.05, 4.69) is 5.32 Å². The third-order valence-corrected chi connectivity index (χ3v) is 3.25. The van der Waals surface area contributed by atoms with Gasteiger partial charge < -0.3 is 14.8 Å². The van der Waals surface area contributed by atoms with Crippen molar-refractivity contribution in [1.82, 2.24) is 0 Å². The van der Waals surface area contributed by atoms with Crippen molar-refractivity contribution in [2.24, 2.45) is 5.92 Å². The molecule has 1 unspecified atom stereocenters. The Morgan fingerprint density at radius 1 is 1.53 bits per heavy atom. The van der Waals surface area contributed by atoms with Crippen molar-refractivity contribution in [2.45, 2.75) is 19.3 Å². The highest BCUT2D eigenvalue weighted by Gasteiger charge is 2.24. The van der Waals surface area contributed by atoms with Crippen molar-refractivity contribution in [1.29, 1.82) is 0 Å². The Kier molecular flexibility index (Phi) is 4.27. The van der Waals surface area contributed by atoms with Crippen LogP contribution in [0.25, 0.3) is 0 Å². The summed E-state index contributed by atoms with van der Waals surface area (Å²) in [6, 6.07) is 3.04. The lowest BCUT2D eigenvalue weighted by Crippen LogP contribution is -2.14. The van der Waals surface area contributed by atoms with Crippen LogP contribution in [0.2, 0.25) is 0 Å². The van der Waals surface area contributed by atoms with Crippen molar-refractivity contribution >= 4 is 17.9 Å². The monoisotopic (exact) mass is 265 g/mol. The molecule has 0 heterocycles. The Morgan fingerprint density at radius 2 is 2.32 bits per heavy atom. The minimum absolute atomic E-state index is 0.149. The summed E-state index contributed by atoms with van der Waals surface area (Å²) in [6.07, 6.45) is 2.07. The quantitative estimate of drug-likeness (QED) is 0.825. The van der Waals surface area contributed by atoms with Crippen LogP contribution in [-0.2, 0) is 27.2 Å². The maximum atomic E-state index is 13.9. The van der Waals surface area contributed by atoms with Crippen LogP contribution in [0.5, 0.6) is 0 Å². The Balaban J connectivity index is 2.11. The van der Waals surface area contributed by atoms with Crippen LogP contribution in [0.3, 0.4) is 0 Å². The number of nitrogens with one attached hydrogen (secondary N) is 1. The molecule has 0 bridgehead atoms. The highest BCUT2D eigenvalue weighted by Crippen LogP contribution is 2.30. The topological polar surface area (TPSA) is 55.4 Å². The molecule has 1 aliphatic carbocycles. The van der Waals surface area contributed by atoms with Crippen LogP contribution in [0.1, 0.15) is 17.5 Å². The molecule has 102 valence electrons. The zero-order valence-electron chi connectivity index (χ0n) is 10.7. The molecule has 0 radical (unpaired) electrons. The molecule has 1 amide bonds. The van der Waals surface area contributed by atoms with Gasteiger partial charge in [0, 0.05) is 18.7 Å². The normalized spacial score (nSPS) is 17.1. The van der Waals surface area contributed by atoms with Crippen LogP contribution in [0.15, 0.2) is 12.1 Å². The van der Waals surface area contributed by atoms with E-state index in [1.54, 1.807) is 6.07 Å². The van der Waals surface area contributed by atoms with Crippen LogP contribution in [0.4, 0.5) is 10.1 Å². The summed E-state index contributed by atoms with van der Waals surface area (Å²) in [6.45, 7) is 0.326. The minimum Gasteiger partial charge on any atom is -0.384 e. The molecule has 0 saturated heterocycles. The molecule has 1 aromatic rings. The average Bonchev–Trinajstić information content (AvgIpc) is 2.80. The van der Waals surface area contributed by atoms with Gasteiger partial charge in [0.1, 0.15) is 12.1 Å². The van der Waals surface area contributed by atoms with Gasteiger partial charge in [0.25, 0.3) is 0 Å². The molecular formula is C14H16FNO3. The fraction of sp³-hybridized carbons (Fsp3) is 0.429. The molecule has 0 spiro atoms. The first-order chi connectivity index (χ1) is 9.13. The van der Waals surface area contributed by atoms with E-state index in [0.717, 1.165) is 11.8 Å². The second-order valence-corrected chi connectivity index (χ2v) is 4.69. The molecule has 1 aromatic carbocycles. The zero-order chi connectivity index (χ0) is 13.8. The first kappa shape index (κ1) is 13.7. The van der Waals surface area contributed by atoms with Gasteiger partial charge in [-0.25, -0.2) is 4.39 Å². The van der Waals surface area contributed by atoms with E-state index in [1.165, 1.54) is 13.2 Å². The predicted octanol–water partition coefficient (Wildman–Crippen LogP) is 1.71. The third kappa shape index (κ3) is 3.17. The molecule has 0 aliphatic heterocycles. The number of aldehydes is 1. The molecule has 19 heavy (non-hydrogen) atoms. The molecule has 0 fully saturated rings. The van der Waals surface area contributed by atoms with Gasteiger partial charge >= 0.3 is 0 Å². The number of methoxy groups -OCH3 is 1. The molecule has 2 rings (SSSR count). The molecular weight excluding hydrogens is 249 g/mol. The molecule has 0 saturated carbocycles. The number of amides is 1. The summed E-state index contributed by atoms with van der Waals surface area (Å²) in [5.74, 6) is -0.723. The van der Waals surface area contributed by atoms with Gasteiger partial charge in [-0.05, 0) is 36.1 Å². The number of ether oxygens (including phenoxy) is 1. The minimum atomic E-state index is -0.358. The zero-order valence-corrected chi connectivity index (χ0v) is 10.7. The van der Waals surface area contributed by atoms with Crippen molar-refractivity contribution in [3.63, 3.8) is 0 Å². The maximum Gasteiger partial charge on any atom is 0.226 e. The van der Waals surface area contributed by atoms with Crippen LogP contribution in [-0.4, -0.2) is 25.9 Å². The van der Waals surface area contributed by atoms with E-state index in [-0.39, 0.29) is 24.1 Å². The Morgan fingerprint density at radius 3 is 3.00 bits per heavy atom. The number of hydrogen-bond donors (Lipinski definition) is 1. The first-order valence-corrected chi connectivity index (χ1v) is 6.19. The van der Waals surface area contributed by atoms with Crippen molar-refractivity contribution in [3.05, 3.63) is 29.1 Å². The molecule has 1 N–H and O–H groups in total. The predicted molar refractivity (Wildman–Crippen MR) is 68.5 cm³/mol. The molecule has 1 atom stereocenters. The highest BCUT2D eigenvalue weighted by molar-refractivity contribution is 5.91. The first-order valence-electron chi connectivity index (χ1n) is 6.19. The molecule has 0 aromatic heterocycles. The van der Waals surface area contributed by atoms with E-state index in [9.17, 15) is 14.0 Å². The van der Waals surface area contributed by atoms with Gasteiger partial charge in [-0.3, -0.25) is 4.79 Å². The lowest BCUT2D eigenvalue weighted by Gasteiger charge is -2.08. The Labute approximate surface area is 110 Å². The van der Waals surface area contributed by atoms with Gasteiger partial charge in [-0.1, -0.05) is 0 Å². The standard InChI is InChI=1S/C14H16FNO3/c1-19-3-2-14(18)16-11-6-10-4-9(8-17)5-12(10)13(15)7-11/h6-9H,2-5H2,1H3,(H,16,18). The van der Waals surface area contributed by atoms with Gasteiger partial charge in [0.05, 0.1) is 13.0 Å². The number of hydrogen-bond acceptors (Lipinski definition) is 3. The lowest BCUT2D eigenvalue weighted by molar-refractivity contribution is -0.117. The maximum absolute atomic E-state index is 13.9. The van der Waals surface area contributed by atoms with E-state index in [1.807, 2.05) is 0 Å². The number of benzene rings is 1. The van der Waals surface area contributed by atoms with Gasteiger partial charge in [-0.15, -0.1) is 0 Å². The number of anilines is 1. The summed E-state index contributed by atoms with van der Waals surface area (Å²) in [7, 11) is 1.52. The molecule has 1 aliphatic rings. The fourth-order valence-electron chi connectivity index (χ4n) is 2.31. The van der Waals surface area contributed by atoms with Gasteiger partial charge in [-0.2, -0.15) is 0 Å². The largest absolute Gasteiger partial charge is 0.384 e. The van der Waals surface area contributed by atoms with Crippen LogP contribution < -0.4 is 5.32 Å². The fourth-order valence-corrected chi connectivity index (χ4v) is 2.31. The SMILES string of the molecule is COCCC(=O)Nc1cc(F)c2c(c1)CC(C=O)C2. The van der Waals surface area contributed by atoms with E-state index < -0.39 is 0 Å². The van der Waals surface area contributed by atoms with Gasteiger partial charge in [0.2, 0.25) is 5.91 Å². The smallest absolute Gasteiger partial charge is 0.226 e. The second-order valence-electron chi connectivity index (χ2n) is 4.69. The summed E-state index contributed by atoms with van der Waals surface area (Å²) in [4.78, 5) is 22.3.